The van der Waals surface area contributed by atoms with Crippen LogP contribution < -0.4 is 10.9 Å². The number of amides is 1. The summed E-state index contributed by atoms with van der Waals surface area (Å²) in [6.07, 6.45) is 0. The van der Waals surface area contributed by atoms with Gasteiger partial charge < -0.3 is 10.2 Å². The van der Waals surface area contributed by atoms with Gasteiger partial charge in [0.15, 0.2) is 0 Å². The molecule has 4 N–H and O–H groups in total. The summed E-state index contributed by atoms with van der Waals surface area (Å²) in [5, 5.41) is 16.3. The van der Waals surface area contributed by atoms with E-state index < -0.39 is 12.5 Å². The van der Waals surface area contributed by atoms with E-state index in [4.69, 9.17) is 10.2 Å². The lowest BCUT2D eigenvalue weighted by molar-refractivity contribution is -0.124. The highest BCUT2D eigenvalue weighted by Gasteiger charge is 1.92. The summed E-state index contributed by atoms with van der Waals surface area (Å²) in [5.74, 6) is -0.511. The summed E-state index contributed by atoms with van der Waals surface area (Å²) in [6.45, 7) is -0.310. The van der Waals surface area contributed by atoms with Crippen LogP contribution in [0, 0.1) is 0 Å². The predicted octanol–water partition coefficient (Wildman–Crippen LogP) is -2.41. The number of hydrogen-bond acceptors (Lipinski definition) is 4. The molecule has 0 saturated carbocycles. The molecule has 0 heterocycles. The lowest BCUT2D eigenvalue weighted by atomic mass is 10.7. The summed E-state index contributed by atoms with van der Waals surface area (Å²) in [5.41, 5.74) is 4.51. The first kappa shape index (κ1) is 8.35. The fourth-order valence-electron chi connectivity index (χ4n) is 0.257. The van der Waals surface area contributed by atoms with Gasteiger partial charge in [-0.15, -0.1) is 0 Å². The Hall–Kier alpha value is -0.650. The van der Waals surface area contributed by atoms with Gasteiger partial charge in [-0.25, -0.2) is 5.43 Å². The zero-order valence-corrected chi connectivity index (χ0v) is 4.92. The highest BCUT2D eigenvalue weighted by molar-refractivity contribution is 5.76. The molecule has 5 heteroatoms. The molecule has 9 heavy (non-hydrogen) atoms. The molecule has 0 rings (SSSR count). The van der Waals surface area contributed by atoms with E-state index >= 15 is 0 Å². The first-order valence-electron chi connectivity index (χ1n) is 2.54. The quantitative estimate of drug-likeness (QED) is 0.255. The number of carbonyl (C=O) groups is 1. The molecule has 0 spiro atoms. The van der Waals surface area contributed by atoms with Crippen molar-refractivity contribution in [3.63, 3.8) is 0 Å². The van der Waals surface area contributed by atoms with Gasteiger partial charge in [-0.3, -0.25) is 10.2 Å². The molecule has 0 aliphatic carbocycles. The van der Waals surface area contributed by atoms with Crippen LogP contribution in [0.15, 0.2) is 0 Å². The Bertz CT molecular complexity index is 85.9. The van der Waals surface area contributed by atoms with Crippen molar-refractivity contribution in [2.75, 3.05) is 19.8 Å². The van der Waals surface area contributed by atoms with Gasteiger partial charge in [0.1, 0.15) is 6.61 Å². The molecule has 0 aromatic rings. The highest BCUT2D eigenvalue weighted by atomic mass is 16.3. The molecule has 0 saturated heterocycles. The molecule has 1 amide bonds. The first-order chi connectivity index (χ1) is 4.31. The van der Waals surface area contributed by atoms with E-state index in [1.54, 1.807) is 0 Å². The molecular weight excluding hydrogens is 124 g/mol. The van der Waals surface area contributed by atoms with Crippen molar-refractivity contribution in [1.82, 2.24) is 10.9 Å². The van der Waals surface area contributed by atoms with Crippen molar-refractivity contribution >= 4 is 5.91 Å². The van der Waals surface area contributed by atoms with Gasteiger partial charge in [-0.2, -0.15) is 0 Å². The van der Waals surface area contributed by atoms with Gasteiger partial charge >= 0.3 is 0 Å². The van der Waals surface area contributed by atoms with Crippen molar-refractivity contribution in [2.45, 2.75) is 0 Å². The van der Waals surface area contributed by atoms with Gasteiger partial charge in [0.2, 0.25) is 0 Å². The van der Waals surface area contributed by atoms with Crippen LogP contribution in [0.5, 0.6) is 0 Å². The second kappa shape index (κ2) is 5.49. The fourth-order valence-corrected chi connectivity index (χ4v) is 0.257. The van der Waals surface area contributed by atoms with Gasteiger partial charge in [0.25, 0.3) is 5.91 Å². The van der Waals surface area contributed by atoms with Gasteiger partial charge in [0, 0.05) is 6.54 Å². The third-order valence-electron chi connectivity index (χ3n) is 0.608. The van der Waals surface area contributed by atoms with E-state index in [1.807, 2.05) is 0 Å². The van der Waals surface area contributed by atoms with Crippen molar-refractivity contribution in [3.8, 4) is 0 Å². The van der Waals surface area contributed by atoms with Crippen LogP contribution in [0.4, 0.5) is 0 Å². The minimum Gasteiger partial charge on any atom is -0.395 e. The zero-order chi connectivity index (χ0) is 7.11. The predicted molar refractivity (Wildman–Crippen MR) is 30.3 cm³/mol. The summed E-state index contributed by atoms with van der Waals surface area (Å²) in [7, 11) is 0. The second-order valence-electron chi connectivity index (χ2n) is 1.36. The maximum atomic E-state index is 10.2. The largest absolute Gasteiger partial charge is 0.395 e. The van der Waals surface area contributed by atoms with Crippen LogP contribution in [-0.4, -0.2) is 35.9 Å². The molecule has 0 aliphatic heterocycles. The fraction of sp³-hybridized carbons (Fsp3) is 0.750. The number of hydrazine groups is 1. The third kappa shape index (κ3) is 5.22. The van der Waals surface area contributed by atoms with E-state index in [0.29, 0.717) is 0 Å². The minimum atomic E-state index is -0.543. The van der Waals surface area contributed by atoms with Gasteiger partial charge in [0.05, 0.1) is 6.61 Å². The molecule has 0 radical (unpaired) electrons. The number of nitrogens with one attached hydrogen (secondary N) is 2. The Morgan fingerprint density at radius 1 is 1.44 bits per heavy atom. The third-order valence-corrected chi connectivity index (χ3v) is 0.608. The summed E-state index contributed by atoms with van der Waals surface area (Å²) < 4.78 is 0. The van der Waals surface area contributed by atoms with Crippen LogP contribution in [0.3, 0.4) is 0 Å². The van der Waals surface area contributed by atoms with Gasteiger partial charge in [-0.05, 0) is 0 Å². The Morgan fingerprint density at radius 3 is 2.56 bits per heavy atom. The molecule has 0 aromatic heterocycles. The van der Waals surface area contributed by atoms with Gasteiger partial charge in [-0.1, -0.05) is 0 Å². The highest BCUT2D eigenvalue weighted by Crippen LogP contribution is 1.56. The summed E-state index contributed by atoms with van der Waals surface area (Å²) in [6, 6.07) is 0. The van der Waals surface area contributed by atoms with E-state index in [9.17, 15) is 4.79 Å². The molecule has 0 atom stereocenters. The number of aliphatic hydroxyl groups excluding tert-OH is 2. The Labute approximate surface area is 52.7 Å². The van der Waals surface area contributed by atoms with E-state index in [2.05, 4.69) is 10.9 Å². The van der Waals surface area contributed by atoms with Crippen molar-refractivity contribution in [2.24, 2.45) is 0 Å². The lowest BCUT2D eigenvalue weighted by Gasteiger charge is -2.01. The number of aliphatic hydroxyl groups is 2. The minimum absolute atomic E-state index is 0.0499. The zero-order valence-electron chi connectivity index (χ0n) is 4.92. The topological polar surface area (TPSA) is 81.6 Å². The molecule has 5 nitrogen and oxygen atoms in total. The molecular formula is C4H10N2O3. The monoisotopic (exact) mass is 134 g/mol. The van der Waals surface area contributed by atoms with Crippen molar-refractivity contribution in [3.05, 3.63) is 0 Å². The van der Waals surface area contributed by atoms with Crippen LogP contribution in [0.2, 0.25) is 0 Å². The Balaban J connectivity index is 2.97. The lowest BCUT2D eigenvalue weighted by Crippen LogP contribution is -2.40. The van der Waals surface area contributed by atoms with Crippen LogP contribution in [-0.2, 0) is 4.79 Å². The maximum Gasteiger partial charge on any atom is 0.259 e. The Kier molecular flexibility index (Phi) is 5.09. The average molecular weight is 134 g/mol. The summed E-state index contributed by atoms with van der Waals surface area (Å²) in [4.78, 5) is 10.2. The smallest absolute Gasteiger partial charge is 0.259 e. The summed E-state index contributed by atoms with van der Waals surface area (Å²) >= 11 is 0. The molecule has 0 bridgehead atoms. The standard InChI is InChI=1S/C4H10N2O3/c7-2-1-5-6-4(9)3-8/h5,7-8H,1-3H2,(H,6,9). The van der Waals surface area contributed by atoms with Crippen LogP contribution in [0.1, 0.15) is 0 Å². The number of carbonyl (C=O) groups excluding carboxylic acids is 1. The molecule has 0 unspecified atom stereocenters. The van der Waals surface area contributed by atoms with Crippen molar-refractivity contribution < 1.29 is 15.0 Å². The number of rotatable bonds is 4. The number of hydrogen-bond donors (Lipinski definition) is 4. The SMILES string of the molecule is O=C(CO)NNCCO. The van der Waals surface area contributed by atoms with Crippen LogP contribution in [0.25, 0.3) is 0 Å². The first-order valence-corrected chi connectivity index (χ1v) is 2.54. The molecule has 54 valence electrons. The Morgan fingerprint density at radius 2 is 2.11 bits per heavy atom. The van der Waals surface area contributed by atoms with Crippen molar-refractivity contribution in [1.29, 1.82) is 0 Å². The second-order valence-corrected chi connectivity index (χ2v) is 1.36. The molecule has 0 aliphatic rings. The molecule has 0 fully saturated rings. The average Bonchev–Trinajstić information content (AvgIpc) is 1.89. The maximum absolute atomic E-state index is 10.2. The van der Waals surface area contributed by atoms with Crippen LogP contribution >= 0.6 is 0 Å². The van der Waals surface area contributed by atoms with E-state index in [1.165, 1.54) is 0 Å². The normalized spacial score (nSPS) is 9.11. The van der Waals surface area contributed by atoms with E-state index in [-0.39, 0.29) is 13.2 Å². The van der Waals surface area contributed by atoms with E-state index in [0.717, 1.165) is 0 Å². The molecule has 0 aromatic carbocycles.